The van der Waals surface area contributed by atoms with Gasteiger partial charge in [0, 0.05) is 6.07 Å². The van der Waals surface area contributed by atoms with E-state index in [2.05, 4.69) is 20.7 Å². The second-order valence-corrected chi connectivity index (χ2v) is 4.14. The Morgan fingerprint density at radius 3 is 2.72 bits per heavy atom. The molecule has 0 aromatic heterocycles. The van der Waals surface area contributed by atoms with Crippen LogP contribution in [0.3, 0.4) is 0 Å². The third-order valence-electron chi connectivity index (χ3n) is 2.09. The molecule has 0 saturated carbocycles. The number of phenolic OH excluding ortho intramolecular Hbond substituents is 1. The van der Waals surface area contributed by atoms with Crippen LogP contribution in [0.15, 0.2) is 16.6 Å². The van der Waals surface area contributed by atoms with Gasteiger partial charge in [-0.15, -0.1) is 0 Å². The first-order valence-corrected chi connectivity index (χ1v) is 5.69. The maximum absolute atomic E-state index is 11.3. The maximum Gasteiger partial charge on any atom is 0.339 e. The molecule has 2 N–H and O–H groups in total. The van der Waals surface area contributed by atoms with Crippen LogP contribution in [0.2, 0.25) is 0 Å². The molecule has 8 heteroatoms. The quantitative estimate of drug-likeness (QED) is 0.496. The van der Waals surface area contributed by atoms with E-state index < -0.39 is 28.4 Å². The standard InChI is InChI=1S/C10H10BrNO6/c1-2-18-10(15)8(13)5-3-6(11)9(14)7(4-5)12(16)17/h3-4,8,13-14H,2H2,1H3. The van der Waals surface area contributed by atoms with Crippen LogP contribution >= 0.6 is 15.9 Å². The molecule has 0 amide bonds. The summed E-state index contributed by atoms with van der Waals surface area (Å²) in [6, 6.07) is 2.13. The number of hydrogen-bond donors (Lipinski definition) is 2. The number of ether oxygens (including phenoxy) is 1. The number of aromatic hydroxyl groups is 1. The van der Waals surface area contributed by atoms with Gasteiger partial charge in [0.2, 0.25) is 5.75 Å². The van der Waals surface area contributed by atoms with Gasteiger partial charge >= 0.3 is 11.7 Å². The van der Waals surface area contributed by atoms with E-state index in [4.69, 9.17) is 0 Å². The van der Waals surface area contributed by atoms with E-state index in [1.807, 2.05) is 0 Å². The Balaban J connectivity index is 3.18. The number of halogens is 1. The summed E-state index contributed by atoms with van der Waals surface area (Å²) < 4.78 is 4.60. The van der Waals surface area contributed by atoms with Crippen LogP contribution in [-0.4, -0.2) is 27.7 Å². The van der Waals surface area contributed by atoms with Gasteiger partial charge in [-0.3, -0.25) is 10.1 Å². The van der Waals surface area contributed by atoms with Crippen molar-refractivity contribution >= 4 is 27.6 Å². The van der Waals surface area contributed by atoms with E-state index in [-0.39, 0.29) is 16.6 Å². The fourth-order valence-corrected chi connectivity index (χ4v) is 1.73. The predicted molar refractivity (Wildman–Crippen MR) is 64.1 cm³/mol. The predicted octanol–water partition coefficient (Wildman–Crippen LogP) is 1.66. The van der Waals surface area contributed by atoms with Crippen molar-refractivity contribution in [3.63, 3.8) is 0 Å². The molecule has 0 heterocycles. The van der Waals surface area contributed by atoms with Crippen LogP contribution in [0.25, 0.3) is 0 Å². The van der Waals surface area contributed by atoms with Crippen LogP contribution < -0.4 is 0 Å². The van der Waals surface area contributed by atoms with Crippen molar-refractivity contribution in [3.05, 3.63) is 32.3 Å². The lowest BCUT2D eigenvalue weighted by molar-refractivity contribution is -0.386. The molecule has 18 heavy (non-hydrogen) atoms. The molecule has 0 fully saturated rings. The van der Waals surface area contributed by atoms with Gasteiger partial charge in [0.15, 0.2) is 6.10 Å². The third-order valence-corrected chi connectivity index (χ3v) is 2.69. The molecule has 98 valence electrons. The molecule has 0 spiro atoms. The van der Waals surface area contributed by atoms with Crippen LogP contribution in [0.5, 0.6) is 5.75 Å². The van der Waals surface area contributed by atoms with E-state index in [9.17, 15) is 25.1 Å². The highest BCUT2D eigenvalue weighted by Crippen LogP contribution is 2.36. The molecular weight excluding hydrogens is 310 g/mol. The molecule has 0 aliphatic carbocycles. The Morgan fingerprint density at radius 2 is 2.22 bits per heavy atom. The summed E-state index contributed by atoms with van der Waals surface area (Å²) in [5.74, 6) is -1.48. The Morgan fingerprint density at radius 1 is 1.61 bits per heavy atom. The van der Waals surface area contributed by atoms with Gasteiger partial charge in [0.1, 0.15) is 0 Å². The van der Waals surface area contributed by atoms with Gasteiger partial charge in [-0.1, -0.05) is 0 Å². The lowest BCUT2D eigenvalue weighted by atomic mass is 10.1. The second-order valence-electron chi connectivity index (χ2n) is 3.28. The fourth-order valence-electron chi connectivity index (χ4n) is 1.26. The minimum absolute atomic E-state index is 0.00930. The summed E-state index contributed by atoms with van der Waals surface area (Å²) in [4.78, 5) is 21.2. The monoisotopic (exact) mass is 319 g/mol. The molecule has 1 aromatic rings. The van der Waals surface area contributed by atoms with Gasteiger partial charge < -0.3 is 14.9 Å². The van der Waals surface area contributed by atoms with Crippen molar-refractivity contribution < 1.29 is 24.7 Å². The van der Waals surface area contributed by atoms with Crippen molar-refractivity contribution in [2.45, 2.75) is 13.0 Å². The number of aliphatic hydroxyl groups is 1. The van der Waals surface area contributed by atoms with E-state index in [0.29, 0.717) is 0 Å². The van der Waals surface area contributed by atoms with Crippen LogP contribution in [0, 0.1) is 10.1 Å². The molecule has 0 saturated heterocycles. The van der Waals surface area contributed by atoms with Crippen LogP contribution in [0.4, 0.5) is 5.69 Å². The van der Waals surface area contributed by atoms with E-state index in [1.165, 1.54) is 6.07 Å². The molecule has 1 rings (SSSR count). The van der Waals surface area contributed by atoms with Crippen molar-refractivity contribution in [2.24, 2.45) is 0 Å². The highest BCUT2D eigenvalue weighted by atomic mass is 79.9. The van der Waals surface area contributed by atoms with Crippen LogP contribution in [0.1, 0.15) is 18.6 Å². The number of nitrogens with zero attached hydrogens (tertiary/aromatic N) is 1. The van der Waals surface area contributed by atoms with Gasteiger partial charge in [-0.25, -0.2) is 4.79 Å². The molecule has 1 atom stereocenters. The highest BCUT2D eigenvalue weighted by molar-refractivity contribution is 9.10. The minimum atomic E-state index is -1.64. The minimum Gasteiger partial charge on any atom is -0.501 e. The number of benzene rings is 1. The average Bonchev–Trinajstić information content (AvgIpc) is 2.31. The number of hydrogen-bond acceptors (Lipinski definition) is 6. The van der Waals surface area contributed by atoms with Crippen molar-refractivity contribution in [1.82, 2.24) is 0 Å². The first-order chi connectivity index (χ1) is 8.38. The molecule has 0 bridgehead atoms. The molecular formula is C10H10BrNO6. The molecule has 1 aromatic carbocycles. The normalized spacial score (nSPS) is 11.9. The Bertz CT molecular complexity index is 490. The number of rotatable bonds is 4. The Labute approximate surface area is 110 Å². The topological polar surface area (TPSA) is 110 Å². The molecule has 1 unspecified atom stereocenters. The summed E-state index contributed by atoms with van der Waals surface area (Å²) in [6.45, 7) is 1.65. The Hall–Kier alpha value is -1.67. The van der Waals surface area contributed by atoms with E-state index in [0.717, 1.165) is 6.07 Å². The first kappa shape index (κ1) is 14.4. The lowest BCUT2D eigenvalue weighted by Crippen LogP contribution is -2.15. The highest BCUT2D eigenvalue weighted by Gasteiger charge is 2.25. The maximum atomic E-state index is 11.3. The summed E-state index contributed by atoms with van der Waals surface area (Å²) in [5.41, 5.74) is -0.646. The molecule has 0 radical (unpaired) electrons. The Kier molecular flexibility index (Phi) is 4.62. The largest absolute Gasteiger partial charge is 0.501 e. The second kappa shape index (κ2) is 5.78. The average molecular weight is 320 g/mol. The number of nitro benzene ring substituents is 1. The smallest absolute Gasteiger partial charge is 0.339 e. The number of carbonyl (C=O) groups is 1. The summed E-state index contributed by atoms with van der Waals surface area (Å²) in [7, 11) is 0. The van der Waals surface area contributed by atoms with Crippen molar-refractivity contribution in [1.29, 1.82) is 0 Å². The third kappa shape index (κ3) is 2.96. The van der Waals surface area contributed by atoms with Crippen LogP contribution in [-0.2, 0) is 9.53 Å². The number of carbonyl (C=O) groups excluding carboxylic acids is 1. The number of phenols is 1. The van der Waals surface area contributed by atoms with Crippen molar-refractivity contribution in [2.75, 3.05) is 6.61 Å². The summed E-state index contributed by atoms with van der Waals surface area (Å²) >= 11 is 2.90. The van der Waals surface area contributed by atoms with Gasteiger partial charge in [-0.05, 0) is 34.5 Å². The first-order valence-electron chi connectivity index (χ1n) is 4.90. The zero-order valence-corrected chi connectivity index (χ0v) is 10.9. The van der Waals surface area contributed by atoms with Gasteiger partial charge in [0.05, 0.1) is 16.0 Å². The summed E-state index contributed by atoms with van der Waals surface area (Å²) in [5, 5.41) is 29.7. The number of esters is 1. The lowest BCUT2D eigenvalue weighted by Gasteiger charge is -2.10. The SMILES string of the molecule is CCOC(=O)C(O)c1cc(Br)c(O)c([N+](=O)[O-])c1. The van der Waals surface area contributed by atoms with E-state index >= 15 is 0 Å². The van der Waals surface area contributed by atoms with Gasteiger partial charge in [0.25, 0.3) is 0 Å². The van der Waals surface area contributed by atoms with E-state index in [1.54, 1.807) is 6.92 Å². The molecule has 7 nitrogen and oxygen atoms in total. The number of aliphatic hydroxyl groups excluding tert-OH is 1. The van der Waals surface area contributed by atoms with Crippen molar-refractivity contribution in [3.8, 4) is 5.75 Å². The number of nitro groups is 1. The molecule has 0 aliphatic rings. The van der Waals surface area contributed by atoms with Gasteiger partial charge in [-0.2, -0.15) is 0 Å². The molecule has 0 aliphatic heterocycles. The zero-order chi connectivity index (χ0) is 13.9. The zero-order valence-electron chi connectivity index (χ0n) is 9.29. The summed E-state index contributed by atoms with van der Waals surface area (Å²) in [6.07, 6.45) is -1.64. The fraction of sp³-hybridized carbons (Fsp3) is 0.300.